The van der Waals surface area contributed by atoms with Crippen molar-refractivity contribution in [2.75, 3.05) is 0 Å². The summed E-state index contributed by atoms with van der Waals surface area (Å²) in [5.74, 6) is 0.844. The van der Waals surface area contributed by atoms with Crippen molar-refractivity contribution in [2.45, 2.75) is 31.2 Å². The molecule has 0 radical (unpaired) electrons. The Labute approximate surface area is 122 Å². The average molecular weight is 296 g/mol. The molecule has 1 aromatic heterocycles. The summed E-state index contributed by atoms with van der Waals surface area (Å²) in [5, 5.41) is 1.08. The molecule has 2 aromatic rings. The lowest BCUT2D eigenvalue weighted by Crippen LogP contribution is -2.34. The van der Waals surface area contributed by atoms with Gasteiger partial charge in [-0.2, -0.15) is 0 Å². The number of H-pyrrole nitrogens is 1. The third-order valence-electron chi connectivity index (χ3n) is 3.78. The SMILES string of the molecule is NC1(c2ncc(-c3cccc(Cl)c3Cl)[nH]2)CCCC1. The molecule has 3 N–H and O–H groups in total. The van der Waals surface area contributed by atoms with Crippen LogP contribution in [0.25, 0.3) is 11.3 Å². The Morgan fingerprint density at radius 1 is 1.21 bits per heavy atom. The van der Waals surface area contributed by atoms with Crippen LogP contribution in [0.15, 0.2) is 24.4 Å². The molecule has 0 bridgehead atoms. The molecular formula is C14H15Cl2N3. The van der Waals surface area contributed by atoms with Crippen molar-refractivity contribution in [1.29, 1.82) is 0 Å². The average Bonchev–Trinajstić information content (AvgIpc) is 3.02. The molecular weight excluding hydrogens is 281 g/mol. The van der Waals surface area contributed by atoms with Crippen molar-refractivity contribution in [3.63, 3.8) is 0 Å². The largest absolute Gasteiger partial charge is 0.340 e. The number of nitrogens with zero attached hydrogens (tertiary/aromatic N) is 1. The van der Waals surface area contributed by atoms with E-state index in [4.69, 9.17) is 28.9 Å². The third kappa shape index (κ3) is 2.27. The van der Waals surface area contributed by atoms with Gasteiger partial charge in [-0.1, -0.05) is 48.2 Å². The van der Waals surface area contributed by atoms with Crippen LogP contribution in [0, 0.1) is 0 Å². The van der Waals surface area contributed by atoms with E-state index in [0.29, 0.717) is 10.0 Å². The van der Waals surface area contributed by atoms with Gasteiger partial charge >= 0.3 is 0 Å². The maximum atomic E-state index is 6.39. The lowest BCUT2D eigenvalue weighted by Gasteiger charge is -2.20. The number of aromatic amines is 1. The molecule has 0 amide bonds. The van der Waals surface area contributed by atoms with Crippen LogP contribution < -0.4 is 5.73 Å². The summed E-state index contributed by atoms with van der Waals surface area (Å²) in [6, 6.07) is 5.56. The Hall–Kier alpha value is -1.03. The van der Waals surface area contributed by atoms with E-state index >= 15 is 0 Å². The van der Waals surface area contributed by atoms with E-state index in [1.165, 1.54) is 0 Å². The maximum Gasteiger partial charge on any atom is 0.126 e. The van der Waals surface area contributed by atoms with Gasteiger partial charge in [0.25, 0.3) is 0 Å². The van der Waals surface area contributed by atoms with Gasteiger partial charge < -0.3 is 10.7 Å². The van der Waals surface area contributed by atoms with Crippen LogP contribution in [-0.4, -0.2) is 9.97 Å². The van der Waals surface area contributed by atoms with Gasteiger partial charge in [-0.15, -0.1) is 0 Å². The molecule has 1 aliphatic carbocycles. The fraction of sp³-hybridized carbons (Fsp3) is 0.357. The van der Waals surface area contributed by atoms with E-state index in [0.717, 1.165) is 42.8 Å². The Kier molecular flexibility index (Phi) is 3.29. The summed E-state index contributed by atoms with van der Waals surface area (Å²) in [7, 11) is 0. The molecule has 1 saturated carbocycles. The van der Waals surface area contributed by atoms with Gasteiger partial charge in [0.05, 0.1) is 27.5 Å². The summed E-state index contributed by atoms with van der Waals surface area (Å²) >= 11 is 12.3. The van der Waals surface area contributed by atoms with Crippen LogP contribution in [0.1, 0.15) is 31.5 Å². The van der Waals surface area contributed by atoms with Gasteiger partial charge in [-0.25, -0.2) is 4.98 Å². The van der Waals surface area contributed by atoms with E-state index in [1.807, 2.05) is 12.1 Å². The molecule has 0 atom stereocenters. The van der Waals surface area contributed by atoms with Crippen molar-refractivity contribution in [3.8, 4) is 11.3 Å². The molecule has 0 spiro atoms. The molecule has 0 saturated heterocycles. The normalized spacial score (nSPS) is 17.8. The third-order valence-corrected chi connectivity index (χ3v) is 4.60. The van der Waals surface area contributed by atoms with Crippen LogP contribution in [0.3, 0.4) is 0 Å². The van der Waals surface area contributed by atoms with Gasteiger partial charge in [-0.05, 0) is 18.9 Å². The van der Waals surface area contributed by atoms with Crippen molar-refractivity contribution in [3.05, 3.63) is 40.3 Å². The highest BCUT2D eigenvalue weighted by molar-refractivity contribution is 6.43. The number of imidazole rings is 1. The van der Waals surface area contributed by atoms with Crippen LogP contribution in [-0.2, 0) is 5.54 Å². The number of rotatable bonds is 2. The molecule has 3 nitrogen and oxygen atoms in total. The topological polar surface area (TPSA) is 54.7 Å². The molecule has 1 heterocycles. The molecule has 1 fully saturated rings. The van der Waals surface area contributed by atoms with Gasteiger partial charge in [0.2, 0.25) is 0 Å². The minimum atomic E-state index is -0.316. The molecule has 19 heavy (non-hydrogen) atoms. The number of hydrogen-bond acceptors (Lipinski definition) is 2. The number of halogens is 2. The highest BCUT2D eigenvalue weighted by Crippen LogP contribution is 2.37. The van der Waals surface area contributed by atoms with E-state index < -0.39 is 0 Å². The summed E-state index contributed by atoms with van der Waals surface area (Å²) in [4.78, 5) is 7.74. The lowest BCUT2D eigenvalue weighted by atomic mass is 9.99. The van der Waals surface area contributed by atoms with E-state index in [1.54, 1.807) is 12.3 Å². The zero-order chi connectivity index (χ0) is 13.5. The molecule has 100 valence electrons. The number of nitrogens with two attached hydrogens (primary N) is 1. The van der Waals surface area contributed by atoms with Gasteiger partial charge in [0.15, 0.2) is 0 Å². The van der Waals surface area contributed by atoms with Crippen molar-refractivity contribution in [1.82, 2.24) is 9.97 Å². The first-order valence-electron chi connectivity index (χ1n) is 6.39. The number of aromatic nitrogens is 2. The molecule has 3 rings (SSSR count). The zero-order valence-corrected chi connectivity index (χ0v) is 11.9. The van der Waals surface area contributed by atoms with Gasteiger partial charge in [-0.3, -0.25) is 0 Å². The minimum Gasteiger partial charge on any atom is -0.340 e. The molecule has 0 unspecified atom stereocenters. The second kappa shape index (κ2) is 4.82. The highest BCUT2D eigenvalue weighted by atomic mass is 35.5. The van der Waals surface area contributed by atoms with Crippen LogP contribution in [0.4, 0.5) is 0 Å². The zero-order valence-electron chi connectivity index (χ0n) is 10.4. The quantitative estimate of drug-likeness (QED) is 0.876. The molecule has 1 aromatic carbocycles. The predicted molar refractivity (Wildman–Crippen MR) is 78.4 cm³/mol. The second-order valence-corrected chi connectivity index (χ2v) is 5.90. The Morgan fingerprint density at radius 2 is 1.95 bits per heavy atom. The number of benzene rings is 1. The fourth-order valence-electron chi connectivity index (χ4n) is 2.67. The lowest BCUT2D eigenvalue weighted by molar-refractivity contribution is 0.436. The number of nitrogens with one attached hydrogen (secondary N) is 1. The minimum absolute atomic E-state index is 0.316. The smallest absolute Gasteiger partial charge is 0.126 e. The molecule has 1 aliphatic rings. The van der Waals surface area contributed by atoms with Crippen molar-refractivity contribution < 1.29 is 0 Å². The summed E-state index contributed by atoms with van der Waals surface area (Å²) in [6.07, 6.45) is 6.04. The Balaban J connectivity index is 1.99. The Bertz CT molecular complexity index is 600. The van der Waals surface area contributed by atoms with E-state index in [9.17, 15) is 0 Å². The van der Waals surface area contributed by atoms with Crippen LogP contribution in [0.5, 0.6) is 0 Å². The summed E-state index contributed by atoms with van der Waals surface area (Å²) in [6.45, 7) is 0. The van der Waals surface area contributed by atoms with E-state index in [-0.39, 0.29) is 5.54 Å². The van der Waals surface area contributed by atoms with Crippen molar-refractivity contribution >= 4 is 23.2 Å². The first-order chi connectivity index (χ1) is 9.10. The van der Waals surface area contributed by atoms with Gasteiger partial charge in [0.1, 0.15) is 5.82 Å². The maximum absolute atomic E-state index is 6.39. The number of hydrogen-bond donors (Lipinski definition) is 2. The van der Waals surface area contributed by atoms with E-state index in [2.05, 4.69) is 9.97 Å². The second-order valence-electron chi connectivity index (χ2n) is 5.11. The first kappa shape index (κ1) is 13.0. The first-order valence-corrected chi connectivity index (χ1v) is 7.14. The molecule has 0 aliphatic heterocycles. The predicted octanol–water partition coefficient (Wildman–Crippen LogP) is 4.11. The summed E-state index contributed by atoms with van der Waals surface area (Å²) in [5.41, 5.74) is 7.79. The van der Waals surface area contributed by atoms with Gasteiger partial charge in [0, 0.05) is 5.56 Å². The van der Waals surface area contributed by atoms with Crippen LogP contribution >= 0.6 is 23.2 Å². The standard InChI is InChI=1S/C14H15Cl2N3/c15-10-5-3-4-9(12(10)16)11-8-18-13(19-11)14(17)6-1-2-7-14/h3-5,8H,1-2,6-7,17H2,(H,18,19). The van der Waals surface area contributed by atoms with Crippen molar-refractivity contribution in [2.24, 2.45) is 5.73 Å². The Morgan fingerprint density at radius 3 is 2.68 bits per heavy atom. The highest BCUT2D eigenvalue weighted by Gasteiger charge is 2.34. The monoisotopic (exact) mass is 295 g/mol. The fourth-order valence-corrected chi connectivity index (χ4v) is 3.07. The molecule has 5 heteroatoms. The summed E-state index contributed by atoms with van der Waals surface area (Å²) < 4.78 is 0. The van der Waals surface area contributed by atoms with Crippen LogP contribution in [0.2, 0.25) is 10.0 Å².